The van der Waals surface area contributed by atoms with E-state index in [1.165, 1.54) is 11.8 Å². The number of carbonyl (C=O) groups excluding carboxylic acids is 4. The Morgan fingerprint density at radius 2 is 1.40 bits per heavy atom. The van der Waals surface area contributed by atoms with Gasteiger partial charge in [0.1, 0.15) is 17.7 Å². The molecule has 8 heteroatoms. The third-order valence-corrected chi connectivity index (χ3v) is 7.02. The third-order valence-electron chi connectivity index (χ3n) is 7.02. The smallest absolute Gasteiger partial charge is 0.410 e. The molecular weight excluding hydrogens is 506 g/mol. The van der Waals surface area contributed by atoms with Crippen LogP contribution in [0.4, 0.5) is 4.79 Å². The molecule has 4 atom stereocenters. The minimum Gasteiger partial charge on any atom is -0.444 e. The van der Waals surface area contributed by atoms with Crippen molar-refractivity contribution in [2.75, 3.05) is 14.1 Å². The maximum Gasteiger partial charge on any atom is 0.410 e. The molecule has 40 heavy (non-hydrogen) atoms. The van der Waals surface area contributed by atoms with Crippen LogP contribution in [0.2, 0.25) is 0 Å². The highest BCUT2D eigenvalue weighted by atomic mass is 16.6. The zero-order chi connectivity index (χ0) is 31.2. The second-order valence-electron chi connectivity index (χ2n) is 13.1. The maximum atomic E-state index is 14.0. The van der Waals surface area contributed by atoms with Crippen molar-refractivity contribution in [3.63, 3.8) is 0 Å². The molecule has 0 aliphatic heterocycles. The van der Waals surface area contributed by atoms with Crippen LogP contribution in [0.15, 0.2) is 42.0 Å². The summed E-state index contributed by atoms with van der Waals surface area (Å²) in [5.41, 5.74) is 0.0585. The number of benzene rings is 1. The van der Waals surface area contributed by atoms with Gasteiger partial charge < -0.3 is 15.0 Å². The summed E-state index contributed by atoms with van der Waals surface area (Å²) in [6.45, 7) is 20.1. The number of rotatable bonds is 10. The number of ether oxygens (including phenoxy) is 1. The highest BCUT2D eigenvalue weighted by Crippen LogP contribution is 2.27. The lowest BCUT2D eigenvalue weighted by atomic mass is 9.84. The van der Waals surface area contributed by atoms with Crippen LogP contribution in [-0.4, -0.2) is 71.3 Å². The summed E-state index contributed by atoms with van der Waals surface area (Å²) < 4.78 is 5.59. The molecule has 1 unspecified atom stereocenters. The lowest BCUT2D eigenvalue weighted by Crippen LogP contribution is -2.60. The predicted molar refractivity (Wildman–Crippen MR) is 160 cm³/mol. The van der Waals surface area contributed by atoms with Crippen LogP contribution in [0.25, 0.3) is 0 Å². The third kappa shape index (κ3) is 9.79. The van der Waals surface area contributed by atoms with Crippen molar-refractivity contribution in [3.8, 4) is 0 Å². The fraction of sp³-hybridized carbons (Fsp3) is 0.625. The molecule has 0 spiro atoms. The first-order chi connectivity index (χ1) is 18.2. The Kier molecular flexibility index (Phi) is 12.2. The highest BCUT2D eigenvalue weighted by molar-refractivity contribution is 5.94. The van der Waals surface area contributed by atoms with Gasteiger partial charge in [0, 0.05) is 20.0 Å². The van der Waals surface area contributed by atoms with E-state index in [2.05, 4.69) is 5.32 Å². The molecule has 3 amide bonds. The van der Waals surface area contributed by atoms with Crippen molar-refractivity contribution in [3.05, 3.63) is 47.5 Å². The number of ketones is 1. The Morgan fingerprint density at radius 1 is 0.875 bits per heavy atom. The number of amides is 3. The van der Waals surface area contributed by atoms with E-state index in [0.29, 0.717) is 5.57 Å². The Labute approximate surface area is 241 Å². The molecule has 0 heterocycles. The van der Waals surface area contributed by atoms with Gasteiger partial charge in [-0.05, 0) is 57.1 Å². The largest absolute Gasteiger partial charge is 0.444 e. The number of hydrogen-bond acceptors (Lipinski definition) is 5. The van der Waals surface area contributed by atoms with Gasteiger partial charge in [0.2, 0.25) is 11.8 Å². The van der Waals surface area contributed by atoms with Gasteiger partial charge in [-0.3, -0.25) is 19.3 Å². The Hall–Kier alpha value is -3.16. The fourth-order valence-electron chi connectivity index (χ4n) is 4.48. The molecule has 0 bridgehead atoms. The molecule has 0 fully saturated rings. The van der Waals surface area contributed by atoms with Gasteiger partial charge in [-0.1, -0.05) is 78.0 Å². The number of likely N-dealkylation sites (N-methyl/N-ethyl adjacent to an activating group) is 2. The van der Waals surface area contributed by atoms with E-state index in [-0.39, 0.29) is 23.7 Å². The first-order valence-electron chi connectivity index (χ1n) is 14.0. The summed E-state index contributed by atoms with van der Waals surface area (Å²) in [5.74, 6) is -1.16. The second kappa shape index (κ2) is 14.0. The molecule has 1 aromatic rings. The number of nitrogens with one attached hydrogen (secondary N) is 1. The van der Waals surface area contributed by atoms with Crippen molar-refractivity contribution in [2.24, 2.45) is 11.3 Å². The van der Waals surface area contributed by atoms with Crippen LogP contribution in [0.3, 0.4) is 0 Å². The molecule has 8 nitrogen and oxygen atoms in total. The topological polar surface area (TPSA) is 96.0 Å². The van der Waals surface area contributed by atoms with Crippen molar-refractivity contribution < 1.29 is 23.9 Å². The van der Waals surface area contributed by atoms with Gasteiger partial charge in [0.15, 0.2) is 5.78 Å². The van der Waals surface area contributed by atoms with Crippen molar-refractivity contribution in [2.45, 2.75) is 106 Å². The van der Waals surface area contributed by atoms with Crippen LogP contribution >= 0.6 is 0 Å². The van der Waals surface area contributed by atoms with Crippen LogP contribution in [0, 0.1) is 11.3 Å². The number of allylic oxidation sites excluding steroid dienone is 1. The molecule has 0 aliphatic rings. The van der Waals surface area contributed by atoms with E-state index >= 15 is 0 Å². The normalized spacial score (nSPS) is 15.5. The average molecular weight is 558 g/mol. The van der Waals surface area contributed by atoms with E-state index in [4.69, 9.17) is 4.74 Å². The summed E-state index contributed by atoms with van der Waals surface area (Å²) in [6.07, 6.45) is 1.18. The minimum absolute atomic E-state index is 0.0312. The molecule has 1 rings (SSSR count). The first kappa shape index (κ1) is 34.9. The Balaban J connectivity index is 3.49. The van der Waals surface area contributed by atoms with Gasteiger partial charge in [0.25, 0.3) is 0 Å². The molecule has 0 saturated heterocycles. The summed E-state index contributed by atoms with van der Waals surface area (Å²) in [7, 11) is 3.24. The van der Waals surface area contributed by atoms with E-state index in [1.807, 2.05) is 78.0 Å². The van der Waals surface area contributed by atoms with Crippen LogP contribution < -0.4 is 5.32 Å². The van der Waals surface area contributed by atoms with Gasteiger partial charge in [0.05, 0.1) is 6.04 Å². The zero-order valence-electron chi connectivity index (χ0n) is 26.8. The Bertz CT molecular complexity index is 1070. The molecule has 1 N–H and O–H groups in total. The standard InChI is InChI=1S/C32H51N3O5/c1-20(2)25(19-21(3)23(5)36)34(12)29(38)27(31(6,7)8)33-28(37)26(22(4)24-17-15-14-16-18-24)35(13)30(39)40-32(9,10)11/h14-20,22,25-27H,1-13H3,(H,33,37)/b21-19+/t22?,25-,26+,27-/m1/s1. The highest BCUT2D eigenvalue weighted by Gasteiger charge is 2.41. The molecule has 0 radical (unpaired) electrons. The lowest BCUT2D eigenvalue weighted by Gasteiger charge is -2.39. The summed E-state index contributed by atoms with van der Waals surface area (Å²) in [6, 6.07) is 7.29. The predicted octanol–water partition coefficient (Wildman–Crippen LogP) is 5.57. The number of nitrogens with zero attached hydrogens (tertiary/aromatic N) is 2. The van der Waals surface area contributed by atoms with Gasteiger partial charge in [-0.25, -0.2) is 4.79 Å². The number of Topliss-reactive ketones (excluding diaryl/α,β-unsaturated/α-hetero) is 1. The number of hydrogen-bond donors (Lipinski definition) is 1. The lowest BCUT2D eigenvalue weighted by molar-refractivity contribution is -0.141. The maximum absolute atomic E-state index is 14.0. The molecule has 0 aliphatic carbocycles. The van der Waals surface area contributed by atoms with Gasteiger partial charge >= 0.3 is 6.09 Å². The van der Waals surface area contributed by atoms with Crippen LogP contribution in [0.1, 0.15) is 87.6 Å². The van der Waals surface area contributed by atoms with E-state index in [1.54, 1.807) is 46.7 Å². The number of carbonyl (C=O) groups is 4. The first-order valence-corrected chi connectivity index (χ1v) is 14.0. The van der Waals surface area contributed by atoms with E-state index < -0.39 is 41.0 Å². The molecule has 0 saturated carbocycles. The summed E-state index contributed by atoms with van der Waals surface area (Å²) in [4.78, 5) is 55.9. The van der Waals surface area contributed by atoms with E-state index in [0.717, 1.165) is 5.56 Å². The molecular formula is C32H51N3O5. The van der Waals surface area contributed by atoms with Gasteiger partial charge in [-0.2, -0.15) is 0 Å². The molecule has 224 valence electrons. The van der Waals surface area contributed by atoms with Crippen LogP contribution in [-0.2, 0) is 19.1 Å². The van der Waals surface area contributed by atoms with Gasteiger partial charge in [-0.15, -0.1) is 0 Å². The molecule has 1 aromatic carbocycles. The quantitative estimate of drug-likeness (QED) is 0.379. The monoisotopic (exact) mass is 557 g/mol. The van der Waals surface area contributed by atoms with Crippen molar-refractivity contribution in [1.82, 2.24) is 15.1 Å². The van der Waals surface area contributed by atoms with Crippen molar-refractivity contribution >= 4 is 23.7 Å². The average Bonchev–Trinajstić information content (AvgIpc) is 2.83. The van der Waals surface area contributed by atoms with Crippen LogP contribution in [0.5, 0.6) is 0 Å². The Morgan fingerprint density at radius 3 is 1.82 bits per heavy atom. The fourth-order valence-corrected chi connectivity index (χ4v) is 4.48. The summed E-state index contributed by atoms with van der Waals surface area (Å²) >= 11 is 0. The second-order valence-corrected chi connectivity index (χ2v) is 13.1. The molecule has 0 aromatic heterocycles. The minimum atomic E-state index is -0.944. The van der Waals surface area contributed by atoms with E-state index in [9.17, 15) is 19.2 Å². The SMILES string of the molecule is CC(=O)/C(C)=C/[C@H](C(C)C)N(C)C(=O)[C@@H](NC(=O)[C@H](C(C)c1ccccc1)N(C)C(=O)OC(C)(C)C)C(C)(C)C. The zero-order valence-corrected chi connectivity index (χ0v) is 26.8. The summed E-state index contributed by atoms with van der Waals surface area (Å²) in [5, 5.41) is 2.99. The van der Waals surface area contributed by atoms with Crippen molar-refractivity contribution in [1.29, 1.82) is 0 Å².